The zero-order valence-corrected chi connectivity index (χ0v) is 8.74. The second-order valence-corrected chi connectivity index (χ2v) is 3.47. The van der Waals surface area contributed by atoms with E-state index in [1.165, 1.54) is 6.07 Å². The summed E-state index contributed by atoms with van der Waals surface area (Å²) in [5.41, 5.74) is 6.86. The van der Waals surface area contributed by atoms with Gasteiger partial charge in [0.05, 0.1) is 11.9 Å². The first-order valence-corrected chi connectivity index (χ1v) is 4.79. The smallest absolute Gasteiger partial charge is 0.159 e. The first kappa shape index (κ1) is 10.8. The molecular formula is C11H11F2N3. The van der Waals surface area contributed by atoms with E-state index in [9.17, 15) is 8.78 Å². The van der Waals surface area contributed by atoms with Crippen LogP contribution in [0.2, 0.25) is 0 Å². The molecule has 2 N–H and O–H groups in total. The second-order valence-electron chi connectivity index (χ2n) is 3.47. The standard InChI is InChI=1S/C11H11F2N3/c1-16-8(5-14)6-15-11(16)7-2-3-9(12)10(13)4-7/h2-4,6H,5,14H2,1H3. The summed E-state index contributed by atoms with van der Waals surface area (Å²) in [5, 5.41) is 0. The van der Waals surface area contributed by atoms with E-state index >= 15 is 0 Å². The van der Waals surface area contributed by atoms with E-state index in [0.29, 0.717) is 17.9 Å². The highest BCUT2D eigenvalue weighted by Crippen LogP contribution is 2.20. The number of imidazole rings is 1. The molecular weight excluding hydrogens is 212 g/mol. The fraction of sp³-hybridized carbons (Fsp3) is 0.182. The molecule has 0 radical (unpaired) electrons. The molecule has 0 saturated heterocycles. The SMILES string of the molecule is Cn1c(CN)cnc1-c1ccc(F)c(F)c1. The van der Waals surface area contributed by atoms with E-state index in [4.69, 9.17) is 5.73 Å². The molecule has 0 unspecified atom stereocenters. The van der Waals surface area contributed by atoms with Crippen LogP contribution in [-0.2, 0) is 13.6 Å². The van der Waals surface area contributed by atoms with Gasteiger partial charge in [-0.1, -0.05) is 0 Å². The lowest BCUT2D eigenvalue weighted by atomic mass is 10.2. The molecule has 0 aliphatic heterocycles. The predicted octanol–water partition coefficient (Wildman–Crippen LogP) is 1.82. The van der Waals surface area contributed by atoms with Gasteiger partial charge >= 0.3 is 0 Å². The first-order chi connectivity index (χ1) is 7.63. The molecule has 2 aromatic rings. The molecule has 0 aliphatic rings. The third-order valence-electron chi connectivity index (χ3n) is 2.47. The minimum atomic E-state index is -0.880. The van der Waals surface area contributed by atoms with Crippen molar-refractivity contribution in [2.45, 2.75) is 6.54 Å². The Balaban J connectivity index is 2.50. The van der Waals surface area contributed by atoms with Gasteiger partial charge in [-0.2, -0.15) is 0 Å². The quantitative estimate of drug-likeness (QED) is 0.844. The van der Waals surface area contributed by atoms with Crippen molar-refractivity contribution in [3.63, 3.8) is 0 Å². The van der Waals surface area contributed by atoms with Gasteiger partial charge in [0, 0.05) is 19.2 Å². The second kappa shape index (κ2) is 4.02. The van der Waals surface area contributed by atoms with Crippen molar-refractivity contribution in [1.82, 2.24) is 9.55 Å². The zero-order chi connectivity index (χ0) is 11.7. The Morgan fingerprint density at radius 3 is 2.62 bits per heavy atom. The summed E-state index contributed by atoms with van der Waals surface area (Å²) in [7, 11) is 1.78. The van der Waals surface area contributed by atoms with E-state index in [0.717, 1.165) is 17.8 Å². The maximum Gasteiger partial charge on any atom is 0.159 e. The zero-order valence-electron chi connectivity index (χ0n) is 8.74. The summed E-state index contributed by atoms with van der Waals surface area (Å²) in [6, 6.07) is 3.69. The van der Waals surface area contributed by atoms with Crippen LogP contribution in [0, 0.1) is 11.6 Å². The van der Waals surface area contributed by atoms with Crippen LogP contribution in [-0.4, -0.2) is 9.55 Å². The molecule has 16 heavy (non-hydrogen) atoms. The van der Waals surface area contributed by atoms with Crippen LogP contribution < -0.4 is 5.73 Å². The summed E-state index contributed by atoms with van der Waals surface area (Å²) in [4.78, 5) is 4.12. The van der Waals surface area contributed by atoms with Crippen molar-refractivity contribution in [2.75, 3.05) is 0 Å². The van der Waals surface area contributed by atoms with Crippen molar-refractivity contribution in [2.24, 2.45) is 12.8 Å². The summed E-state index contributed by atoms with van der Waals surface area (Å²) in [6.07, 6.45) is 1.62. The monoisotopic (exact) mass is 223 g/mol. The molecule has 0 saturated carbocycles. The van der Waals surface area contributed by atoms with Crippen LogP contribution in [0.15, 0.2) is 24.4 Å². The Morgan fingerprint density at radius 2 is 2.06 bits per heavy atom. The number of hydrogen-bond acceptors (Lipinski definition) is 2. The number of aromatic nitrogens is 2. The largest absolute Gasteiger partial charge is 0.330 e. The molecule has 3 nitrogen and oxygen atoms in total. The average Bonchev–Trinajstić information content (AvgIpc) is 2.64. The van der Waals surface area contributed by atoms with Gasteiger partial charge in [0.2, 0.25) is 0 Å². The Bertz CT molecular complexity index is 520. The van der Waals surface area contributed by atoms with Crippen molar-refractivity contribution < 1.29 is 8.78 Å². The van der Waals surface area contributed by atoms with Crippen LogP contribution >= 0.6 is 0 Å². The van der Waals surface area contributed by atoms with Crippen LogP contribution in [0.4, 0.5) is 8.78 Å². The third kappa shape index (κ3) is 1.69. The highest BCUT2D eigenvalue weighted by molar-refractivity contribution is 5.56. The van der Waals surface area contributed by atoms with Gasteiger partial charge in [-0.3, -0.25) is 0 Å². The number of nitrogens with zero attached hydrogens (tertiary/aromatic N) is 2. The van der Waals surface area contributed by atoms with E-state index < -0.39 is 11.6 Å². The Morgan fingerprint density at radius 1 is 1.31 bits per heavy atom. The van der Waals surface area contributed by atoms with Gasteiger partial charge in [-0.15, -0.1) is 0 Å². The Hall–Kier alpha value is -1.75. The van der Waals surface area contributed by atoms with E-state index in [1.54, 1.807) is 17.8 Å². The Kier molecular flexibility index (Phi) is 2.70. The molecule has 0 atom stereocenters. The average molecular weight is 223 g/mol. The van der Waals surface area contributed by atoms with Crippen molar-refractivity contribution in [1.29, 1.82) is 0 Å². The van der Waals surface area contributed by atoms with Crippen LogP contribution in [0.5, 0.6) is 0 Å². The van der Waals surface area contributed by atoms with Crippen LogP contribution in [0.1, 0.15) is 5.69 Å². The normalized spacial score (nSPS) is 10.8. The number of rotatable bonds is 2. The molecule has 0 spiro atoms. The lowest BCUT2D eigenvalue weighted by Crippen LogP contribution is -2.04. The van der Waals surface area contributed by atoms with Gasteiger partial charge < -0.3 is 10.3 Å². The van der Waals surface area contributed by atoms with Gasteiger partial charge in [-0.25, -0.2) is 13.8 Å². The summed E-state index contributed by atoms with van der Waals surface area (Å²) >= 11 is 0. The van der Waals surface area contributed by atoms with E-state index in [1.807, 2.05) is 0 Å². The molecule has 0 amide bonds. The maximum atomic E-state index is 13.0. The van der Waals surface area contributed by atoms with Crippen molar-refractivity contribution >= 4 is 0 Å². The third-order valence-corrected chi connectivity index (χ3v) is 2.47. The number of benzene rings is 1. The minimum Gasteiger partial charge on any atom is -0.330 e. The molecule has 0 bridgehead atoms. The van der Waals surface area contributed by atoms with Crippen molar-refractivity contribution in [3.8, 4) is 11.4 Å². The molecule has 5 heteroatoms. The number of halogens is 2. The fourth-order valence-electron chi connectivity index (χ4n) is 1.54. The molecule has 1 aromatic carbocycles. The van der Waals surface area contributed by atoms with Gasteiger partial charge in [0.25, 0.3) is 0 Å². The number of hydrogen-bond donors (Lipinski definition) is 1. The van der Waals surface area contributed by atoms with Gasteiger partial charge in [-0.05, 0) is 18.2 Å². The lowest BCUT2D eigenvalue weighted by molar-refractivity contribution is 0.509. The molecule has 84 valence electrons. The fourth-order valence-corrected chi connectivity index (χ4v) is 1.54. The van der Waals surface area contributed by atoms with E-state index in [2.05, 4.69) is 4.98 Å². The summed E-state index contributed by atoms with van der Waals surface area (Å²) in [5.74, 6) is -1.17. The van der Waals surface area contributed by atoms with Crippen molar-refractivity contribution in [3.05, 3.63) is 41.7 Å². The minimum absolute atomic E-state index is 0.354. The summed E-state index contributed by atoms with van der Waals surface area (Å²) in [6.45, 7) is 0.354. The highest BCUT2D eigenvalue weighted by Gasteiger charge is 2.10. The van der Waals surface area contributed by atoms with Gasteiger partial charge in [0.15, 0.2) is 11.6 Å². The molecule has 0 fully saturated rings. The summed E-state index contributed by atoms with van der Waals surface area (Å²) < 4.78 is 27.6. The lowest BCUT2D eigenvalue weighted by Gasteiger charge is -2.04. The molecule has 0 aliphatic carbocycles. The first-order valence-electron chi connectivity index (χ1n) is 4.79. The number of nitrogens with two attached hydrogens (primary N) is 1. The maximum absolute atomic E-state index is 13.0. The Labute approximate surface area is 91.5 Å². The van der Waals surface area contributed by atoms with Gasteiger partial charge in [0.1, 0.15) is 5.82 Å². The van der Waals surface area contributed by atoms with E-state index in [-0.39, 0.29) is 0 Å². The van der Waals surface area contributed by atoms with Crippen LogP contribution in [0.25, 0.3) is 11.4 Å². The highest BCUT2D eigenvalue weighted by atomic mass is 19.2. The molecule has 2 rings (SSSR count). The molecule has 1 heterocycles. The van der Waals surface area contributed by atoms with Crippen LogP contribution in [0.3, 0.4) is 0 Å². The topological polar surface area (TPSA) is 43.8 Å². The predicted molar refractivity (Wildman–Crippen MR) is 56.5 cm³/mol. The molecule has 1 aromatic heterocycles.